The van der Waals surface area contributed by atoms with Crippen LogP contribution in [0.25, 0.3) is 21.9 Å². The molecule has 2 heterocycles. The number of amides is 1. The fourth-order valence-corrected chi connectivity index (χ4v) is 3.44. The number of rotatable bonds is 6. The molecule has 0 saturated carbocycles. The van der Waals surface area contributed by atoms with Crippen LogP contribution in [0.5, 0.6) is 5.75 Å². The van der Waals surface area contributed by atoms with Gasteiger partial charge in [-0.05, 0) is 19.1 Å². The van der Waals surface area contributed by atoms with E-state index in [1.54, 1.807) is 19.1 Å². The molecule has 0 bridgehead atoms. The Morgan fingerprint density at radius 2 is 1.90 bits per heavy atom. The van der Waals surface area contributed by atoms with Crippen molar-refractivity contribution in [1.29, 1.82) is 0 Å². The molecule has 1 N–H and O–H groups in total. The average molecular weight is 422 g/mol. The van der Waals surface area contributed by atoms with Gasteiger partial charge in [-0.15, -0.1) is 0 Å². The number of aryl methyl sites for hydroxylation is 1. The number of carbonyl (C=O) groups excluding carboxylic acids is 2. The molecular weight excluding hydrogens is 400 g/mol. The molecule has 4 aromatic rings. The number of hydrogen-bond acceptors (Lipinski definition) is 7. The van der Waals surface area contributed by atoms with E-state index in [0.29, 0.717) is 28.5 Å². The largest absolute Gasteiger partial charge is 0.495 e. The second-order valence-corrected chi connectivity index (χ2v) is 7.43. The number of para-hydroxylation sites is 1. The molecule has 0 saturated heterocycles. The normalized spacial score (nSPS) is 11.3. The van der Waals surface area contributed by atoms with Crippen LogP contribution in [-0.4, -0.2) is 30.7 Å². The van der Waals surface area contributed by atoms with Crippen molar-refractivity contribution >= 4 is 39.5 Å². The van der Waals surface area contributed by atoms with Crippen molar-refractivity contribution in [2.45, 2.75) is 26.7 Å². The van der Waals surface area contributed by atoms with E-state index in [1.165, 1.54) is 7.11 Å². The minimum Gasteiger partial charge on any atom is -0.495 e. The summed E-state index contributed by atoms with van der Waals surface area (Å²) in [5.41, 5.74) is 2.44. The minimum atomic E-state index is -0.655. The molecule has 4 rings (SSSR count). The lowest BCUT2D eigenvalue weighted by atomic mass is 10.1. The monoisotopic (exact) mass is 422 g/mol. The number of fused-ring (bicyclic) bond motifs is 3. The van der Waals surface area contributed by atoms with Crippen LogP contribution in [0.4, 0.5) is 5.69 Å². The van der Waals surface area contributed by atoms with Crippen LogP contribution >= 0.6 is 0 Å². The van der Waals surface area contributed by atoms with Crippen molar-refractivity contribution in [2.24, 2.45) is 0 Å². The molecule has 1 amide bonds. The fraction of sp³-hybridized carbons (Fsp3) is 0.261. The van der Waals surface area contributed by atoms with Gasteiger partial charge in [-0.2, -0.15) is 0 Å². The zero-order chi connectivity index (χ0) is 22.1. The van der Waals surface area contributed by atoms with Gasteiger partial charge in [-0.3, -0.25) is 4.79 Å². The van der Waals surface area contributed by atoms with Gasteiger partial charge in [0.05, 0.1) is 18.5 Å². The van der Waals surface area contributed by atoms with Gasteiger partial charge in [-0.1, -0.05) is 37.2 Å². The van der Waals surface area contributed by atoms with Gasteiger partial charge >= 0.3 is 5.97 Å². The van der Waals surface area contributed by atoms with Crippen LogP contribution in [-0.2, 0) is 9.53 Å². The maximum atomic E-state index is 12.5. The summed E-state index contributed by atoms with van der Waals surface area (Å²) in [6.07, 6.45) is 0. The van der Waals surface area contributed by atoms with Gasteiger partial charge in [0.2, 0.25) is 0 Å². The highest BCUT2D eigenvalue weighted by molar-refractivity contribution is 6.08. The lowest BCUT2D eigenvalue weighted by Crippen LogP contribution is -2.22. The lowest BCUT2D eigenvalue weighted by Gasteiger charge is -2.11. The van der Waals surface area contributed by atoms with E-state index in [9.17, 15) is 9.59 Å². The molecule has 0 aliphatic rings. The molecule has 2 aromatic carbocycles. The SMILES string of the molecule is COc1cc2c(cc1NC(=O)COC(=O)c1c(C)noc1C(C)C)oc1ccccc12. The summed E-state index contributed by atoms with van der Waals surface area (Å²) in [5.74, 6) is -0.312. The molecule has 0 atom stereocenters. The molecule has 0 aliphatic carbocycles. The number of carbonyl (C=O) groups is 2. The second-order valence-electron chi connectivity index (χ2n) is 7.43. The van der Waals surface area contributed by atoms with Gasteiger partial charge in [0.15, 0.2) is 12.4 Å². The van der Waals surface area contributed by atoms with E-state index >= 15 is 0 Å². The second kappa shape index (κ2) is 8.14. The number of anilines is 1. The van der Waals surface area contributed by atoms with Crippen molar-refractivity contribution in [3.8, 4) is 5.75 Å². The predicted molar refractivity (Wildman–Crippen MR) is 115 cm³/mol. The summed E-state index contributed by atoms with van der Waals surface area (Å²) in [7, 11) is 1.52. The third kappa shape index (κ3) is 3.84. The van der Waals surface area contributed by atoms with Crippen LogP contribution in [0.3, 0.4) is 0 Å². The van der Waals surface area contributed by atoms with Crippen LogP contribution in [0.15, 0.2) is 45.3 Å². The number of nitrogens with zero attached hydrogens (tertiary/aromatic N) is 1. The minimum absolute atomic E-state index is 0.0441. The van der Waals surface area contributed by atoms with Crippen LogP contribution < -0.4 is 10.1 Å². The van der Waals surface area contributed by atoms with E-state index in [1.807, 2.05) is 38.1 Å². The first-order valence-corrected chi connectivity index (χ1v) is 9.81. The third-order valence-electron chi connectivity index (χ3n) is 4.92. The predicted octanol–water partition coefficient (Wildman–Crippen LogP) is 4.81. The maximum Gasteiger partial charge on any atom is 0.344 e. The topological polar surface area (TPSA) is 104 Å². The van der Waals surface area contributed by atoms with Crippen molar-refractivity contribution in [3.05, 3.63) is 53.4 Å². The number of ether oxygens (including phenoxy) is 2. The Bertz CT molecular complexity index is 1280. The molecular formula is C23H22N2O6. The molecule has 0 unspecified atom stereocenters. The smallest absolute Gasteiger partial charge is 0.344 e. The quantitative estimate of drug-likeness (QED) is 0.445. The van der Waals surface area contributed by atoms with Crippen LogP contribution in [0.2, 0.25) is 0 Å². The number of esters is 1. The van der Waals surface area contributed by atoms with E-state index in [2.05, 4.69) is 10.5 Å². The fourth-order valence-electron chi connectivity index (χ4n) is 3.44. The Balaban J connectivity index is 1.51. The van der Waals surface area contributed by atoms with E-state index < -0.39 is 18.5 Å². The molecule has 2 aromatic heterocycles. The summed E-state index contributed by atoms with van der Waals surface area (Å²) >= 11 is 0. The van der Waals surface area contributed by atoms with Gasteiger partial charge < -0.3 is 23.7 Å². The first kappa shape index (κ1) is 20.5. The highest BCUT2D eigenvalue weighted by Crippen LogP contribution is 2.36. The van der Waals surface area contributed by atoms with Crippen molar-refractivity contribution in [1.82, 2.24) is 5.16 Å². The van der Waals surface area contributed by atoms with E-state index in [0.717, 1.165) is 16.4 Å². The summed E-state index contributed by atoms with van der Waals surface area (Å²) < 4.78 is 21.7. The van der Waals surface area contributed by atoms with Crippen LogP contribution in [0.1, 0.15) is 41.6 Å². The highest BCUT2D eigenvalue weighted by atomic mass is 16.5. The number of methoxy groups -OCH3 is 1. The standard InChI is InChI=1S/C23H22N2O6/c1-12(2)22-21(13(3)25-31-22)23(27)29-11-20(26)24-16-10-18-15(9-19(16)28-4)14-7-5-6-8-17(14)30-18/h5-10,12H,11H2,1-4H3,(H,24,26). The van der Waals surface area contributed by atoms with Crippen LogP contribution in [0, 0.1) is 6.92 Å². The Morgan fingerprint density at radius 1 is 1.13 bits per heavy atom. The zero-order valence-corrected chi connectivity index (χ0v) is 17.6. The Kier molecular flexibility index (Phi) is 5.37. The molecule has 31 heavy (non-hydrogen) atoms. The lowest BCUT2D eigenvalue weighted by molar-refractivity contribution is -0.119. The molecule has 0 fully saturated rings. The number of aromatic nitrogens is 1. The Morgan fingerprint density at radius 3 is 2.65 bits per heavy atom. The summed E-state index contributed by atoms with van der Waals surface area (Å²) in [5, 5.41) is 8.36. The maximum absolute atomic E-state index is 12.5. The van der Waals surface area contributed by atoms with Gasteiger partial charge in [0, 0.05) is 22.8 Å². The molecule has 8 nitrogen and oxygen atoms in total. The van der Waals surface area contributed by atoms with E-state index in [4.69, 9.17) is 18.4 Å². The molecule has 0 radical (unpaired) electrons. The molecule has 0 aliphatic heterocycles. The molecule has 160 valence electrons. The zero-order valence-electron chi connectivity index (χ0n) is 17.6. The number of nitrogens with one attached hydrogen (secondary N) is 1. The van der Waals surface area contributed by atoms with Crippen molar-refractivity contribution < 1.29 is 28.0 Å². The summed E-state index contributed by atoms with van der Waals surface area (Å²) in [6, 6.07) is 11.1. The van der Waals surface area contributed by atoms with Crippen molar-refractivity contribution in [3.63, 3.8) is 0 Å². The highest BCUT2D eigenvalue weighted by Gasteiger charge is 2.24. The first-order chi connectivity index (χ1) is 14.9. The molecule has 0 spiro atoms. The average Bonchev–Trinajstić information content (AvgIpc) is 3.31. The Hall–Kier alpha value is -3.81. The number of benzene rings is 2. The van der Waals surface area contributed by atoms with E-state index in [-0.39, 0.29) is 11.5 Å². The summed E-state index contributed by atoms with van der Waals surface area (Å²) in [4.78, 5) is 24.9. The number of furan rings is 1. The first-order valence-electron chi connectivity index (χ1n) is 9.81. The Labute approximate surface area is 178 Å². The van der Waals surface area contributed by atoms with Gasteiger partial charge in [-0.25, -0.2) is 4.79 Å². The van der Waals surface area contributed by atoms with Gasteiger partial charge in [0.25, 0.3) is 5.91 Å². The molecule has 8 heteroatoms. The van der Waals surface area contributed by atoms with Crippen molar-refractivity contribution in [2.75, 3.05) is 19.0 Å². The van der Waals surface area contributed by atoms with Gasteiger partial charge in [0.1, 0.15) is 22.5 Å². The number of hydrogen-bond donors (Lipinski definition) is 1. The summed E-state index contributed by atoms with van der Waals surface area (Å²) in [6.45, 7) is 4.94. The third-order valence-corrected chi connectivity index (χ3v) is 4.92.